The summed E-state index contributed by atoms with van der Waals surface area (Å²) in [6.45, 7) is 1.91. The molecular formula is C16H15F5OS. The van der Waals surface area contributed by atoms with Crippen molar-refractivity contribution in [3.05, 3.63) is 65.2 Å². The molecule has 0 bridgehead atoms. The Labute approximate surface area is 130 Å². The Kier molecular flexibility index (Phi) is 3.84. The van der Waals surface area contributed by atoms with Gasteiger partial charge in [0, 0.05) is 12.8 Å². The predicted molar refractivity (Wildman–Crippen MR) is 81.4 cm³/mol. The van der Waals surface area contributed by atoms with Gasteiger partial charge in [0.15, 0.2) is 0 Å². The lowest BCUT2D eigenvalue weighted by Crippen LogP contribution is -2.08. The molecule has 0 unspecified atom stereocenters. The molecule has 0 fully saturated rings. The van der Waals surface area contributed by atoms with Crippen molar-refractivity contribution in [1.29, 1.82) is 0 Å². The van der Waals surface area contributed by atoms with Crippen LogP contribution < -0.4 is 0 Å². The SMILES string of the molecule is Cc1ccc(CC(=O)Cc2ccc(S(F)(F)(F)(F)F)cc2)cc1. The van der Waals surface area contributed by atoms with Crippen LogP contribution in [0.3, 0.4) is 0 Å². The number of ketones is 1. The summed E-state index contributed by atoms with van der Waals surface area (Å²) in [7, 11) is -9.65. The molecule has 0 saturated heterocycles. The maximum Gasteiger partial charge on any atom is 0.310 e. The van der Waals surface area contributed by atoms with E-state index in [1.165, 1.54) is 0 Å². The molecule has 126 valence electrons. The van der Waals surface area contributed by atoms with Crippen LogP contribution >= 0.6 is 10.2 Å². The quantitative estimate of drug-likeness (QED) is 0.604. The summed E-state index contributed by atoms with van der Waals surface area (Å²) >= 11 is 0. The lowest BCUT2D eigenvalue weighted by Gasteiger charge is -2.40. The third kappa shape index (κ3) is 5.06. The smallest absolute Gasteiger partial charge is 0.299 e. The van der Waals surface area contributed by atoms with Crippen molar-refractivity contribution in [2.75, 3.05) is 0 Å². The molecule has 0 saturated carbocycles. The van der Waals surface area contributed by atoms with Gasteiger partial charge in [-0.05, 0) is 30.2 Å². The zero-order valence-corrected chi connectivity index (χ0v) is 13.1. The van der Waals surface area contributed by atoms with Crippen molar-refractivity contribution in [2.45, 2.75) is 24.7 Å². The molecule has 2 rings (SSSR count). The van der Waals surface area contributed by atoms with E-state index in [4.69, 9.17) is 0 Å². The minimum absolute atomic E-state index is 0.103. The van der Waals surface area contributed by atoms with Crippen LogP contribution in [0.25, 0.3) is 0 Å². The van der Waals surface area contributed by atoms with Crippen LogP contribution in [0.4, 0.5) is 19.4 Å². The second kappa shape index (κ2) is 5.06. The average Bonchev–Trinajstić information content (AvgIpc) is 2.39. The fraction of sp³-hybridized carbons (Fsp3) is 0.188. The molecule has 0 aromatic heterocycles. The van der Waals surface area contributed by atoms with E-state index in [1.54, 1.807) is 12.1 Å². The van der Waals surface area contributed by atoms with Gasteiger partial charge in [-0.15, -0.1) is 0 Å². The first-order valence-corrected chi connectivity index (χ1v) is 8.69. The van der Waals surface area contributed by atoms with Gasteiger partial charge in [-0.25, -0.2) is 0 Å². The Morgan fingerprint density at radius 2 is 1.17 bits per heavy atom. The number of carbonyl (C=O) groups is 1. The molecule has 23 heavy (non-hydrogen) atoms. The predicted octanol–water partition coefficient (Wildman–Crippen LogP) is 6.01. The first-order valence-electron chi connectivity index (χ1n) is 6.74. The van der Waals surface area contributed by atoms with Gasteiger partial charge in [0.1, 0.15) is 10.7 Å². The van der Waals surface area contributed by atoms with Crippen molar-refractivity contribution in [3.8, 4) is 0 Å². The number of hydrogen-bond acceptors (Lipinski definition) is 1. The van der Waals surface area contributed by atoms with E-state index >= 15 is 0 Å². The molecule has 0 aliphatic rings. The molecule has 0 atom stereocenters. The van der Waals surface area contributed by atoms with E-state index in [-0.39, 0.29) is 24.2 Å². The average molecular weight is 350 g/mol. The van der Waals surface area contributed by atoms with Crippen molar-refractivity contribution in [2.24, 2.45) is 0 Å². The first kappa shape index (κ1) is 17.5. The highest BCUT2D eigenvalue weighted by Gasteiger charge is 2.65. The Morgan fingerprint density at radius 1 is 0.783 bits per heavy atom. The van der Waals surface area contributed by atoms with E-state index < -0.39 is 15.1 Å². The number of aryl methyl sites for hydroxylation is 1. The lowest BCUT2D eigenvalue weighted by atomic mass is 10.0. The van der Waals surface area contributed by atoms with Crippen LogP contribution in [0.5, 0.6) is 0 Å². The molecule has 1 nitrogen and oxygen atoms in total. The van der Waals surface area contributed by atoms with Gasteiger partial charge in [0.2, 0.25) is 0 Å². The number of benzene rings is 2. The Hall–Kier alpha value is -1.89. The van der Waals surface area contributed by atoms with Gasteiger partial charge < -0.3 is 0 Å². The van der Waals surface area contributed by atoms with E-state index in [0.29, 0.717) is 12.1 Å². The van der Waals surface area contributed by atoms with Crippen molar-refractivity contribution < 1.29 is 24.2 Å². The van der Waals surface area contributed by atoms with Gasteiger partial charge >= 0.3 is 10.2 Å². The molecule has 0 heterocycles. The molecule has 0 aliphatic carbocycles. The van der Waals surface area contributed by atoms with Gasteiger partial charge in [-0.3, -0.25) is 4.79 Å². The third-order valence-corrected chi connectivity index (χ3v) is 4.46. The highest BCUT2D eigenvalue weighted by molar-refractivity contribution is 8.45. The van der Waals surface area contributed by atoms with Gasteiger partial charge in [-0.1, -0.05) is 61.4 Å². The third-order valence-electron chi connectivity index (χ3n) is 3.29. The number of hydrogen-bond donors (Lipinski definition) is 0. The summed E-state index contributed by atoms with van der Waals surface area (Å²) in [6.07, 6.45) is 0.0397. The standard InChI is InChI=1S/C16H15F5OS/c1-12-2-4-13(5-3-12)10-15(22)11-14-6-8-16(9-7-14)23(17,18,19,20)21/h2-9H,10-11H2,1H3. The molecule has 7 heteroatoms. The number of carbonyl (C=O) groups excluding carboxylic acids is 1. The van der Waals surface area contributed by atoms with Crippen molar-refractivity contribution in [1.82, 2.24) is 0 Å². The molecule has 0 amide bonds. The topological polar surface area (TPSA) is 17.1 Å². The fourth-order valence-corrected chi connectivity index (χ4v) is 2.74. The summed E-state index contributed by atoms with van der Waals surface area (Å²) in [5.74, 6) is -0.200. The van der Waals surface area contributed by atoms with Gasteiger partial charge in [0.05, 0.1) is 0 Å². The fourth-order valence-electron chi connectivity index (χ4n) is 2.09. The molecule has 2 aromatic carbocycles. The summed E-state index contributed by atoms with van der Waals surface area (Å²) in [6, 6.07) is 9.79. The second-order valence-corrected chi connectivity index (χ2v) is 7.90. The molecule has 0 aliphatic heterocycles. The minimum Gasteiger partial charge on any atom is -0.299 e. The zero-order chi connectivity index (χ0) is 17.4. The zero-order valence-electron chi connectivity index (χ0n) is 12.2. The molecule has 0 N–H and O–H groups in total. The molecule has 0 spiro atoms. The summed E-state index contributed by atoms with van der Waals surface area (Å²) in [5.41, 5.74) is 2.12. The Morgan fingerprint density at radius 3 is 1.57 bits per heavy atom. The maximum absolute atomic E-state index is 12.6. The van der Waals surface area contributed by atoms with E-state index in [2.05, 4.69) is 0 Å². The van der Waals surface area contributed by atoms with Crippen LogP contribution in [0.2, 0.25) is 0 Å². The number of rotatable bonds is 5. The Balaban J connectivity index is 2.07. The van der Waals surface area contributed by atoms with Crippen LogP contribution in [0, 0.1) is 6.92 Å². The molecule has 0 radical (unpaired) electrons. The first-order chi connectivity index (χ1) is 10.3. The highest BCUT2D eigenvalue weighted by atomic mass is 32.5. The molecular weight excluding hydrogens is 335 g/mol. The normalized spacial score (nSPS) is 14.9. The largest absolute Gasteiger partial charge is 0.310 e. The van der Waals surface area contributed by atoms with E-state index in [9.17, 15) is 24.2 Å². The van der Waals surface area contributed by atoms with Gasteiger partial charge in [-0.2, -0.15) is 0 Å². The van der Waals surface area contributed by atoms with Crippen LogP contribution in [0.1, 0.15) is 16.7 Å². The second-order valence-electron chi connectivity index (χ2n) is 5.49. The summed E-state index contributed by atoms with van der Waals surface area (Å²) < 4.78 is 63.0. The molecule has 2 aromatic rings. The van der Waals surface area contributed by atoms with Crippen molar-refractivity contribution >= 4 is 16.0 Å². The number of Topliss-reactive ketones (excluding diaryl/α,β-unsaturated/α-hetero) is 1. The number of halogens is 5. The highest BCUT2D eigenvalue weighted by Crippen LogP contribution is 3.02. The van der Waals surface area contributed by atoms with Crippen LogP contribution in [-0.4, -0.2) is 5.78 Å². The van der Waals surface area contributed by atoms with E-state index in [1.807, 2.05) is 19.1 Å². The minimum atomic E-state index is -9.65. The van der Waals surface area contributed by atoms with Crippen LogP contribution in [-0.2, 0) is 17.6 Å². The maximum atomic E-state index is 12.6. The summed E-state index contributed by atoms with van der Waals surface area (Å²) in [5, 5.41) is 0. The lowest BCUT2D eigenvalue weighted by molar-refractivity contribution is -0.117. The summed E-state index contributed by atoms with van der Waals surface area (Å²) in [4.78, 5) is 9.97. The Bertz CT molecular complexity index is 718. The van der Waals surface area contributed by atoms with Crippen LogP contribution in [0.15, 0.2) is 53.4 Å². The van der Waals surface area contributed by atoms with Gasteiger partial charge in [0.25, 0.3) is 0 Å². The monoisotopic (exact) mass is 350 g/mol. The van der Waals surface area contributed by atoms with Crippen molar-refractivity contribution in [3.63, 3.8) is 0 Å². The van der Waals surface area contributed by atoms with E-state index in [0.717, 1.165) is 23.3 Å².